The summed E-state index contributed by atoms with van der Waals surface area (Å²) in [5.41, 5.74) is -2.15. The summed E-state index contributed by atoms with van der Waals surface area (Å²) in [4.78, 5) is 32.1. The summed E-state index contributed by atoms with van der Waals surface area (Å²) < 4.78 is 42.7. The van der Waals surface area contributed by atoms with E-state index in [9.17, 15) is 27.9 Å². The lowest BCUT2D eigenvalue weighted by Gasteiger charge is -2.40. The molecule has 2 amide bonds. The number of benzene rings is 2. The Labute approximate surface area is 250 Å². The Morgan fingerprint density at radius 2 is 1.52 bits per heavy atom. The molecule has 7 nitrogen and oxygen atoms in total. The van der Waals surface area contributed by atoms with Gasteiger partial charge >= 0.3 is 6.18 Å². The monoisotopic (exact) mass is 608 g/mol. The first-order chi connectivity index (χ1) is 19.7. The Hall–Kier alpha value is -2.98. The Balaban J connectivity index is 1.32. The lowest BCUT2D eigenvalue weighted by Crippen LogP contribution is -2.57. The Kier molecular flexibility index (Phi) is 9.67. The molecule has 2 aliphatic rings. The van der Waals surface area contributed by atoms with Crippen LogP contribution in [0.15, 0.2) is 42.5 Å². The highest BCUT2D eigenvalue weighted by atomic mass is 35.5. The predicted octanol–water partition coefficient (Wildman–Crippen LogP) is 5.40. The van der Waals surface area contributed by atoms with Crippen LogP contribution in [0, 0.1) is 11.8 Å². The minimum absolute atomic E-state index is 0.139. The third-order valence-corrected chi connectivity index (χ3v) is 8.95. The summed E-state index contributed by atoms with van der Waals surface area (Å²) in [6.07, 6.45) is -1.03. The quantitative estimate of drug-likeness (QED) is 0.456. The number of amides is 2. The van der Waals surface area contributed by atoms with E-state index in [1.165, 1.54) is 21.9 Å². The minimum atomic E-state index is -5.16. The number of anilines is 2. The average Bonchev–Trinajstić information content (AvgIpc) is 2.96. The van der Waals surface area contributed by atoms with Gasteiger partial charge in [-0.1, -0.05) is 23.7 Å². The third kappa shape index (κ3) is 6.64. The zero-order valence-electron chi connectivity index (χ0n) is 24.6. The molecular weight excluding hydrogens is 569 g/mol. The van der Waals surface area contributed by atoms with Crippen molar-refractivity contribution in [2.75, 3.05) is 64.2 Å². The number of alkyl halides is 3. The Bertz CT molecular complexity index is 1270. The lowest BCUT2D eigenvalue weighted by molar-refractivity contribution is -0.262. The van der Waals surface area contributed by atoms with Gasteiger partial charge in [0.1, 0.15) is 0 Å². The summed E-state index contributed by atoms with van der Waals surface area (Å²) in [5, 5.41) is 11.3. The summed E-state index contributed by atoms with van der Waals surface area (Å²) >= 11 is 6.40. The number of aliphatic hydroxyl groups is 1. The van der Waals surface area contributed by atoms with Crippen molar-refractivity contribution >= 4 is 34.8 Å². The van der Waals surface area contributed by atoms with Crippen LogP contribution >= 0.6 is 11.6 Å². The number of hydrogen-bond donors (Lipinski definition) is 1. The zero-order valence-corrected chi connectivity index (χ0v) is 25.4. The molecule has 2 saturated heterocycles. The van der Waals surface area contributed by atoms with Crippen LogP contribution in [-0.4, -0.2) is 87.3 Å². The largest absolute Gasteiger partial charge is 0.430 e. The van der Waals surface area contributed by atoms with Crippen molar-refractivity contribution in [3.05, 3.63) is 58.6 Å². The van der Waals surface area contributed by atoms with Crippen LogP contribution in [0.3, 0.4) is 0 Å². The molecule has 2 fully saturated rings. The Morgan fingerprint density at radius 1 is 0.929 bits per heavy atom. The fraction of sp³-hybridized carbons (Fsp3) is 0.548. The number of carbonyl (C=O) groups excluding carboxylic acids is 2. The number of halogens is 4. The van der Waals surface area contributed by atoms with E-state index in [1.807, 2.05) is 12.1 Å². The number of likely N-dealkylation sites (tertiary alicyclic amines) is 1. The molecule has 0 bridgehead atoms. The van der Waals surface area contributed by atoms with Crippen molar-refractivity contribution in [2.45, 2.75) is 43.9 Å². The first-order valence-electron chi connectivity index (χ1n) is 14.3. The van der Waals surface area contributed by atoms with Gasteiger partial charge in [-0.25, -0.2) is 0 Å². The molecule has 2 aromatic carbocycles. The number of rotatable bonds is 7. The van der Waals surface area contributed by atoms with E-state index in [0.29, 0.717) is 41.0 Å². The van der Waals surface area contributed by atoms with Crippen molar-refractivity contribution in [1.82, 2.24) is 9.80 Å². The molecule has 2 heterocycles. The summed E-state index contributed by atoms with van der Waals surface area (Å²) in [6, 6.07) is 10.9. The zero-order chi connectivity index (χ0) is 30.8. The fourth-order valence-corrected chi connectivity index (χ4v) is 6.29. The van der Waals surface area contributed by atoms with Gasteiger partial charge in [0.15, 0.2) is 0 Å². The molecule has 0 radical (unpaired) electrons. The molecule has 4 rings (SSSR count). The van der Waals surface area contributed by atoms with Gasteiger partial charge in [0.25, 0.3) is 17.4 Å². The summed E-state index contributed by atoms with van der Waals surface area (Å²) in [7, 11) is 6.75. The van der Waals surface area contributed by atoms with Crippen LogP contribution in [-0.2, 0) is 10.4 Å². The molecule has 0 aromatic heterocycles. The van der Waals surface area contributed by atoms with Gasteiger partial charge < -0.3 is 24.7 Å². The van der Waals surface area contributed by atoms with Gasteiger partial charge in [-0.05, 0) is 74.3 Å². The van der Waals surface area contributed by atoms with Crippen LogP contribution in [0.2, 0.25) is 5.02 Å². The molecule has 1 atom stereocenters. The molecule has 0 unspecified atom stereocenters. The maximum atomic E-state index is 14.2. The van der Waals surface area contributed by atoms with Gasteiger partial charge in [0.2, 0.25) is 0 Å². The van der Waals surface area contributed by atoms with Crippen LogP contribution in [0.25, 0.3) is 0 Å². The van der Waals surface area contributed by atoms with Crippen molar-refractivity contribution in [2.24, 2.45) is 11.8 Å². The van der Waals surface area contributed by atoms with Crippen LogP contribution < -0.4 is 9.80 Å². The molecule has 2 aromatic rings. The second-order valence-corrected chi connectivity index (χ2v) is 12.3. The fourth-order valence-electron chi connectivity index (χ4n) is 6.03. The first kappa shape index (κ1) is 31.9. The highest BCUT2D eigenvalue weighted by molar-refractivity contribution is 6.34. The van der Waals surface area contributed by atoms with E-state index in [-0.39, 0.29) is 19.0 Å². The first-order valence-corrected chi connectivity index (χ1v) is 14.7. The topological polar surface area (TPSA) is 67.3 Å². The highest BCUT2D eigenvalue weighted by Crippen LogP contribution is 2.42. The van der Waals surface area contributed by atoms with E-state index in [4.69, 9.17) is 11.6 Å². The van der Waals surface area contributed by atoms with E-state index in [1.54, 1.807) is 45.2 Å². The molecule has 2 aliphatic heterocycles. The summed E-state index contributed by atoms with van der Waals surface area (Å²) in [5.74, 6) is -0.652. The molecule has 0 aliphatic carbocycles. The van der Waals surface area contributed by atoms with Crippen LogP contribution in [0.4, 0.5) is 24.5 Å². The van der Waals surface area contributed by atoms with Crippen molar-refractivity contribution in [3.8, 4) is 0 Å². The second-order valence-electron chi connectivity index (χ2n) is 11.9. The van der Waals surface area contributed by atoms with E-state index < -0.39 is 23.2 Å². The van der Waals surface area contributed by atoms with Crippen LogP contribution in [0.1, 0.15) is 48.0 Å². The molecule has 42 heavy (non-hydrogen) atoms. The van der Waals surface area contributed by atoms with Gasteiger partial charge in [0.05, 0.1) is 10.6 Å². The number of carbonyl (C=O) groups is 2. The smallest absolute Gasteiger partial charge is 0.378 e. The van der Waals surface area contributed by atoms with Gasteiger partial charge in [-0.3, -0.25) is 9.59 Å². The van der Waals surface area contributed by atoms with E-state index in [0.717, 1.165) is 44.1 Å². The van der Waals surface area contributed by atoms with Crippen LogP contribution in [0.5, 0.6) is 0 Å². The van der Waals surface area contributed by atoms with Crippen molar-refractivity contribution in [1.29, 1.82) is 0 Å². The summed E-state index contributed by atoms with van der Waals surface area (Å²) in [6.45, 7) is 2.07. The molecule has 0 saturated carbocycles. The molecule has 0 spiro atoms. The maximum absolute atomic E-state index is 14.2. The number of hydrogen-bond acceptors (Lipinski definition) is 5. The molecule has 230 valence electrons. The molecule has 1 N–H and O–H groups in total. The maximum Gasteiger partial charge on any atom is 0.430 e. The SMILES string of the molecule is CN(C)C(=O)c1ccc(N2CCC(CC3CCN(C(=O)[C@](O)(c4cccc(N(C)C)c4)C(F)(F)F)CC3)CC2)cc1Cl. The third-order valence-electron chi connectivity index (χ3n) is 8.64. The van der Waals surface area contributed by atoms with Gasteiger partial charge in [-0.15, -0.1) is 0 Å². The second kappa shape index (κ2) is 12.7. The highest BCUT2D eigenvalue weighted by Gasteiger charge is 2.62. The molecular formula is C31H40ClF3N4O3. The standard InChI is InChI=1S/C31H40ClF3N4O3/c1-36(2)24-7-5-6-23(19-24)30(42,31(33,34)35)29(41)39-16-12-22(13-17-39)18-21-10-14-38(15-11-21)25-8-9-26(27(32)20-25)28(40)37(3)4/h5-9,19-22,42H,10-18H2,1-4H3/t30-/m1/s1. The van der Waals surface area contributed by atoms with E-state index >= 15 is 0 Å². The van der Waals surface area contributed by atoms with Crippen molar-refractivity contribution < 1.29 is 27.9 Å². The van der Waals surface area contributed by atoms with Gasteiger partial charge in [-0.2, -0.15) is 13.2 Å². The van der Waals surface area contributed by atoms with Gasteiger partial charge in [0, 0.05) is 71.3 Å². The normalized spacial score (nSPS) is 18.5. The number of nitrogens with zero attached hydrogens (tertiary/aromatic N) is 4. The van der Waals surface area contributed by atoms with Crippen molar-refractivity contribution in [3.63, 3.8) is 0 Å². The lowest BCUT2D eigenvalue weighted by atomic mass is 9.82. The predicted molar refractivity (Wildman–Crippen MR) is 159 cm³/mol. The molecule has 11 heteroatoms. The Morgan fingerprint density at radius 3 is 2.05 bits per heavy atom. The minimum Gasteiger partial charge on any atom is -0.378 e. The number of piperidine rings is 2. The average molecular weight is 609 g/mol. The van der Waals surface area contributed by atoms with E-state index in [2.05, 4.69) is 4.90 Å².